The number of nitrogens with zero attached hydrogens (tertiary/aromatic N) is 1. The van der Waals surface area contributed by atoms with Gasteiger partial charge in [-0.2, -0.15) is 0 Å². The Bertz CT molecular complexity index is 661. The summed E-state index contributed by atoms with van der Waals surface area (Å²) in [7, 11) is -3.47. The van der Waals surface area contributed by atoms with Gasteiger partial charge in [-0.25, -0.2) is 13.1 Å². The Balaban J connectivity index is 1.44. The number of rotatable bonds is 6. The van der Waals surface area contributed by atoms with E-state index in [1.807, 2.05) is 4.90 Å². The maximum absolute atomic E-state index is 12.4. The number of hydrogen-bond acceptors (Lipinski definition) is 3. The molecule has 1 amide bonds. The fraction of sp³-hybridized carbons (Fsp3) is 0.632. The molecule has 2 aliphatic rings. The van der Waals surface area contributed by atoms with Crippen molar-refractivity contribution in [3.05, 3.63) is 30.3 Å². The predicted octanol–water partition coefficient (Wildman–Crippen LogP) is 2.93. The van der Waals surface area contributed by atoms with Crippen LogP contribution in [0.25, 0.3) is 0 Å². The molecule has 25 heavy (non-hydrogen) atoms. The van der Waals surface area contributed by atoms with Crippen LogP contribution in [0, 0.1) is 5.92 Å². The van der Waals surface area contributed by atoms with Gasteiger partial charge >= 0.3 is 0 Å². The lowest BCUT2D eigenvalue weighted by Crippen LogP contribution is -2.46. The highest BCUT2D eigenvalue weighted by molar-refractivity contribution is 7.89. The van der Waals surface area contributed by atoms with E-state index in [4.69, 9.17) is 0 Å². The standard InChI is InChI=1S/C19H28N2O3S/c22-19(11-10-16-6-4-5-7-16)21-14-12-17(13-15-21)20-25(23,24)18-8-2-1-3-9-18/h1-3,8-9,16-17,20H,4-7,10-15H2. The first-order valence-electron chi connectivity index (χ1n) is 9.40. The van der Waals surface area contributed by atoms with Crippen molar-refractivity contribution >= 4 is 15.9 Å². The van der Waals surface area contributed by atoms with Gasteiger partial charge < -0.3 is 4.90 Å². The number of amides is 1. The van der Waals surface area contributed by atoms with Crippen LogP contribution in [0.5, 0.6) is 0 Å². The molecule has 1 aliphatic carbocycles. The van der Waals surface area contributed by atoms with E-state index in [9.17, 15) is 13.2 Å². The topological polar surface area (TPSA) is 66.5 Å². The summed E-state index contributed by atoms with van der Waals surface area (Å²) in [6.07, 6.45) is 8.19. The molecule has 3 rings (SSSR count). The summed E-state index contributed by atoms with van der Waals surface area (Å²) in [4.78, 5) is 14.6. The van der Waals surface area contributed by atoms with Gasteiger partial charge in [0.25, 0.3) is 0 Å². The van der Waals surface area contributed by atoms with Gasteiger partial charge in [0.2, 0.25) is 15.9 Å². The first-order valence-corrected chi connectivity index (χ1v) is 10.9. The summed E-state index contributed by atoms with van der Waals surface area (Å²) in [5.41, 5.74) is 0. The molecule has 0 unspecified atom stereocenters. The third-order valence-electron chi connectivity index (χ3n) is 5.46. The minimum atomic E-state index is -3.47. The van der Waals surface area contributed by atoms with Crippen molar-refractivity contribution in [3.63, 3.8) is 0 Å². The molecule has 5 nitrogen and oxygen atoms in total. The smallest absolute Gasteiger partial charge is 0.240 e. The Morgan fingerprint density at radius 2 is 1.68 bits per heavy atom. The van der Waals surface area contributed by atoms with Crippen molar-refractivity contribution in [1.82, 2.24) is 9.62 Å². The molecule has 0 bridgehead atoms. The van der Waals surface area contributed by atoms with Crippen LogP contribution in [0.1, 0.15) is 51.4 Å². The van der Waals surface area contributed by atoms with Crippen molar-refractivity contribution in [2.24, 2.45) is 5.92 Å². The van der Waals surface area contributed by atoms with Gasteiger partial charge in [-0.05, 0) is 37.3 Å². The van der Waals surface area contributed by atoms with Crippen LogP contribution < -0.4 is 4.72 Å². The molecule has 6 heteroatoms. The summed E-state index contributed by atoms with van der Waals surface area (Å²) in [5.74, 6) is 0.968. The summed E-state index contributed by atoms with van der Waals surface area (Å²) >= 11 is 0. The lowest BCUT2D eigenvalue weighted by Gasteiger charge is -2.32. The Morgan fingerprint density at radius 3 is 2.32 bits per heavy atom. The minimum absolute atomic E-state index is 0.0934. The van der Waals surface area contributed by atoms with E-state index < -0.39 is 10.0 Å². The van der Waals surface area contributed by atoms with Gasteiger partial charge in [-0.15, -0.1) is 0 Å². The maximum atomic E-state index is 12.4. The Hall–Kier alpha value is -1.40. The normalized spacial score (nSPS) is 20.1. The zero-order valence-corrected chi connectivity index (χ0v) is 15.5. The lowest BCUT2D eigenvalue weighted by atomic mass is 10.0. The molecular weight excluding hydrogens is 336 g/mol. The summed E-state index contributed by atoms with van der Waals surface area (Å²) in [6, 6.07) is 8.35. The molecule has 1 aromatic rings. The number of piperidine rings is 1. The number of benzene rings is 1. The summed E-state index contributed by atoms with van der Waals surface area (Å²) in [6.45, 7) is 1.29. The molecule has 1 aliphatic heterocycles. The minimum Gasteiger partial charge on any atom is -0.343 e. The predicted molar refractivity (Wildman–Crippen MR) is 97.6 cm³/mol. The average Bonchev–Trinajstić information content (AvgIpc) is 3.14. The van der Waals surface area contributed by atoms with Crippen LogP contribution in [0.3, 0.4) is 0 Å². The second-order valence-corrected chi connectivity index (χ2v) is 8.99. The summed E-state index contributed by atoms with van der Waals surface area (Å²) < 4.78 is 27.5. The zero-order chi connectivity index (χ0) is 17.7. The van der Waals surface area contributed by atoms with Gasteiger partial charge in [0.15, 0.2) is 0 Å². The molecule has 2 fully saturated rings. The van der Waals surface area contributed by atoms with Gasteiger partial charge in [-0.1, -0.05) is 43.9 Å². The van der Waals surface area contributed by atoms with Crippen molar-refractivity contribution in [1.29, 1.82) is 0 Å². The molecule has 1 saturated heterocycles. The number of sulfonamides is 1. The van der Waals surface area contributed by atoms with Gasteiger partial charge in [-0.3, -0.25) is 4.79 Å². The lowest BCUT2D eigenvalue weighted by molar-refractivity contribution is -0.132. The van der Waals surface area contributed by atoms with E-state index >= 15 is 0 Å². The fourth-order valence-electron chi connectivity index (χ4n) is 3.92. The number of carbonyl (C=O) groups excluding carboxylic acids is 1. The maximum Gasteiger partial charge on any atom is 0.240 e. The molecule has 1 heterocycles. The van der Waals surface area contributed by atoms with Crippen molar-refractivity contribution in [2.45, 2.75) is 62.3 Å². The van der Waals surface area contributed by atoms with E-state index in [1.165, 1.54) is 25.7 Å². The van der Waals surface area contributed by atoms with Crippen LogP contribution in [0.15, 0.2) is 35.2 Å². The molecule has 1 aromatic carbocycles. The number of nitrogens with one attached hydrogen (secondary N) is 1. The number of carbonyl (C=O) groups is 1. The highest BCUT2D eigenvalue weighted by Gasteiger charge is 2.27. The average molecular weight is 365 g/mol. The van der Waals surface area contributed by atoms with Crippen LogP contribution in [0.2, 0.25) is 0 Å². The molecule has 138 valence electrons. The molecule has 0 aromatic heterocycles. The largest absolute Gasteiger partial charge is 0.343 e. The third-order valence-corrected chi connectivity index (χ3v) is 7.00. The van der Waals surface area contributed by atoms with Crippen LogP contribution in [-0.2, 0) is 14.8 Å². The van der Waals surface area contributed by atoms with E-state index in [1.54, 1.807) is 30.3 Å². The van der Waals surface area contributed by atoms with Crippen LogP contribution >= 0.6 is 0 Å². The molecule has 1 saturated carbocycles. The quantitative estimate of drug-likeness (QED) is 0.844. The van der Waals surface area contributed by atoms with E-state index in [0.717, 1.165) is 12.3 Å². The van der Waals surface area contributed by atoms with E-state index in [0.29, 0.717) is 37.2 Å². The molecule has 1 N–H and O–H groups in total. The van der Waals surface area contributed by atoms with Gasteiger partial charge in [0.1, 0.15) is 0 Å². The molecule has 0 spiro atoms. The monoisotopic (exact) mass is 364 g/mol. The Morgan fingerprint density at radius 1 is 1.04 bits per heavy atom. The highest BCUT2D eigenvalue weighted by atomic mass is 32.2. The van der Waals surface area contributed by atoms with Crippen molar-refractivity contribution < 1.29 is 13.2 Å². The van der Waals surface area contributed by atoms with Crippen molar-refractivity contribution in [3.8, 4) is 0 Å². The van der Waals surface area contributed by atoms with Crippen LogP contribution in [-0.4, -0.2) is 38.4 Å². The first kappa shape index (κ1) is 18.4. The number of likely N-dealkylation sites (tertiary alicyclic amines) is 1. The molecular formula is C19H28N2O3S. The van der Waals surface area contributed by atoms with Crippen LogP contribution in [0.4, 0.5) is 0 Å². The Kier molecular flexibility index (Phi) is 6.12. The van der Waals surface area contributed by atoms with Gasteiger partial charge in [0, 0.05) is 25.6 Å². The zero-order valence-electron chi connectivity index (χ0n) is 14.7. The fourth-order valence-corrected chi connectivity index (χ4v) is 5.24. The first-order chi connectivity index (χ1) is 12.0. The van der Waals surface area contributed by atoms with E-state index in [-0.39, 0.29) is 11.9 Å². The SMILES string of the molecule is O=C(CCC1CCCC1)N1CCC(NS(=O)(=O)c2ccccc2)CC1. The molecule has 0 radical (unpaired) electrons. The Labute approximate surface area is 150 Å². The van der Waals surface area contributed by atoms with E-state index in [2.05, 4.69) is 4.72 Å². The van der Waals surface area contributed by atoms with Gasteiger partial charge in [0.05, 0.1) is 4.90 Å². The third kappa shape index (κ3) is 5.05. The molecule has 0 atom stereocenters. The highest BCUT2D eigenvalue weighted by Crippen LogP contribution is 2.29. The second-order valence-electron chi connectivity index (χ2n) is 7.28. The second kappa shape index (κ2) is 8.32. The van der Waals surface area contributed by atoms with Crippen molar-refractivity contribution in [2.75, 3.05) is 13.1 Å². The number of hydrogen-bond donors (Lipinski definition) is 1. The summed E-state index contributed by atoms with van der Waals surface area (Å²) in [5, 5.41) is 0.